The maximum absolute atomic E-state index is 14.0. The van der Waals surface area contributed by atoms with Gasteiger partial charge in [-0.3, -0.25) is 0 Å². The molecular weight excluding hydrogens is 295 g/mol. The molecule has 106 valence electrons. The fraction of sp³-hybridized carbons (Fsp3) is 0.357. The molecule has 2 heterocycles. The highest BCUT2D eigenvalue weighted by atomic mass is 32.2. The second kappa shape index (κ2) is 6.11. The monoisotopic (exact) mass is 310 g/mol. The minimum absolute atomic E-state index is 0.269. The second-order valence-corrected chi connectivity index (χ2v) is 6.51. The number of ether oxygens (including phenoxy) is 1. The van der Waals surface area contributed by atoms with E-state index in [0.29, 0.717) is 17.0 Å². The van der Waals surface area contributed by atoms with Gasteiger partial charge in [0.05, 0.1) is 24.4 Å². The van der Waals surface area contributed by atoms with Crippen LogP contribution in [0.25, 0.3) is 11.3 Å². The molecule has 2 aromatic rings. The Labute approximate surface area is 125 Å². The van der Waals surface area contributed by atoms with Crippen LogP contribution in [0.1, 0.15) is 11.0 Å². The molecule has 1 N–H and O–H groups in total. The van der Waals surface area contributed by atoms with Crippen molar-refractivity contribution in [1.29, 1.82) is 0 Å². The van der Waals surface area contributed by atoms with Crippen molar-refractivity contribution in [3.63, 3.8) is 0 Å². The Balaban J connectivity index is 1.93. The van der Waals surface area contributed by atoms with Crippen molar-refractivity contribution in [2.24, 2.45) is 0 Å². The number of nitrogens with one attached hydrogen (secondary N) is 1. The molecule has 3 rings (SSSR count). The molecular formula is C14H15FN2OS2. The van der Waals surface area contributed by atoms with E-state index in [9.17, 15) is 4.39 Å². The summed E-state index contributed by atoms with van der Waals surface area (Å²) in [4.78, 5) is 4.60. The number of benzene rings is 1. The van der Waals surface area contributed by atoms with Gasteiger partial charge in [-0.15, -0.1) is 11.3 Å². The van der Waals surface area contributed by atoms with Crippen LogP contribution in [-0.2, 0) is 0 Å². The van der Waals surface area contributed by atoms with E-state index in [0.717, 1.165) is 23.1 Å². The number of aromatic nitrogens is 1. The van der Waals surface area contributed by atoms with E-state index in [1.54, 1.807) is 30.6 Å². The van der Waals surface area contributed by atoms with Gasteiger partial charge in [0.2, 0.25) is 0 Å². The van der Waals surface area contributed by atoms with E-state index in [1.165, 1.54) is 6.07 Å². The molecule has 6 heteroatoms. The number of hydrogen-bond donors (Lipinski definition) is 1. The molecule has 0 saturated carbocycles. The number of methoxy groups -OCH3 is 1. The van der Waals surface area contributed by atoms with E-state index in [1.807, 2.05) is 17.1 Å². The van der Waals surface area contributed by atoms with Crippen molar-refractivity contribution in [2.45, 2.75) is 6.04 Å². The van der Waals surface area contributed by atoms with Crippen molar-refractivity contribution in [2.75, 3.05) is 25.2 Å². The number of thioether (sulfide) groups is 1. The molecule has 1 aromatic heterocycles. The molecule has 3 nitrogen and oxygen atoms in total. The summed E-state index contributed by atoms with van der Waals surface area (Å²) in [5, 5.41) is 6.36. The van der Waals surface area contributed by atoms with Crippen LogP contribution in [0, 0.1) is 5.82 Å². The first-order valence-corrected chi connectivity index (χ1v) is 8.42. The topological polar surface area (TPSA) is 34.1 Å². The van der Waals surface area contributed by atoms with Gasteiger partial charge in [-0.1, -0.05) is 6.07 Å². The SMILES string of the molecule is COc1cccc(F)c1-c1csc(C2CSCCN2)n1. The minimum Gasteiger partial charge on any atom is -0.496 e. The van der Waals surface area contributed by atoms with Gasteiger partial charge in [0, 0.05) is 23.4 Å². The molecule has 0 amide bonds. The first-order valence-electron chi connectivity index (χ1n) is 6.39. The molecule has 1 unspecified atom stereocenters. The molecule has 1 aliphatic rings. The number of halogens is 1. The van der Waals surface area contributed by atoms with Gasteiger partial charge >= 0.3 is 0 Å². The zero-order chi connectivity index (χ0) is 13.9. The van der Waals surface area contributed by atoms with Gasteiger partial charge in [-0.25, -0.2) is 9.37 Å². The summed E-state index contributed by atoms with van der Waals surface area (Å²) < 4.78 is 19.3. The first-order chi connectivity index (χ1) is 9.79. The zero-order valence-electron chi connectivity index (χ0n) is 11.1. The maximum Gasteiger partial charge on any atom is 0.136 e. The standard InChI is InChI=1S/C14H15FN2OS2/c1-18-12-4-2-3-9(15)13(12)10-8-20-14(17-10)11-7-19-6-5-16-11/h2-4,8,11,16H,5-7H2,1H3. The lowest BCUT2D eigenvalue weighted by Gasteiger charge is -2.20. The Morgan fingerprint density at radius 2 is 2.35 bits per heavy atom. The van der Waals surface area contributed by atoms with Crippen molar-refractivity contribution in [3.8, 4) is 17.0 Å². The van der Waals surface area contributed by atoms with Gasteiger partial charge in [0.25, 0.3) is 0 Å². The molecule has 0 spiro atoms. The molecule has 1 aliphatic heterocycles. The minimum atomic E-state index is -0.299. The van der Waals surface area contributed by atoms with E-state index >= 15 is 0 Å². The van der Waals surface area contributed by atoms with Crippen LogP contribution < -0.4 is 10.1 Å². The van der Waals surface area contributed by atoms with Crippen molar-refractivity contribution in [1.82, 2.24) is 10.3 Å². The third-order valence-electron chi connectivity index (χ3n) is 3.19. The van der Waals surface area contributed by atoms with Crippen molar-refractivity contribution >= 4 is 23.1 Å². The number of rotatable bonds is 3. The zero-order valence-corrected chi connectivity index (χ0v) is 12.7. The van der Waals surface area contributed by atoms with Crippen molar-refractivity contribution in [3.05, 3.63) is 34.4 Å². The first kappa shape index (κ1) is 13.9. The molecule has 1 atom stereocenters. The van der Waals surface area contributed by atoms with Crippen LogP contribution >= 0.6 is 23.1 Å². The summed E-state index contributed by atoms with van der Waals surface area (Å²) in [6, 6.07) is 5.10. The molecule has 1 saturated heterocycles. The molecule has 20 heavy (non-hydrogen) atoms. The van der Waals surface area contributed by atoms with Crippen LogP contribution in [-0.4, -0.2) is 30.1 Å². The third kappa shape index (κ3) is 2.68. The number of nitrogens with zero attached hydrogens (tertiary/aromatic N) is 1. The number of thiazole rings is 1. The summed E-state index contributed by atoms with van der Waals surface area (Å²) in [5.41, 5.74) is 1.10. The van der Waals surface area contributed by atoms with Gasteiger partial charge < -0.3 is 10.1 Å². The predicted octanol–water partition coefficient (Wildman–Crippen LogP) is 3.34. The van der Waals surface area contributed by atoms with E-state index in [-0.39, 0.29) is 11.9 Å². The molecule has 0 bridgehead atoms. The van der Waals surface area contributed by atoms with E-state index in [4.69, 9.17) is 4.74 Å². The Bertz CT molecular complexity index is 597. The molecule has 0 radical (unpaired) electrons. The van der Waals surface area contributed by atoms with Crippen LogP contribution in [0.3, 0.4) is 0 Å². The summed E-state index contributed by atoms with van der Waals surface area (Å²) in [6.07, 6.45) is 0. The van der Waals surface area contributed by atoms with E-state index in [2.05, 4.69) is 10.3 Å². The average molecular weight is 310 g/mol. The fourth-order valence-corrected chi connectivity index (χ4v) is 4.14. The van der Waals surface area contributed by atoms with E-state index < -0.39 is 0 Å². The lowest BCUT2D eigenvalue weighted by Crippen LogP contribution is -2.30. The Morgan fingerprint density at radius 1 is 1.45 bits per heavy atom. The second-order valence-electron chi connectivity index (χ2n) is 4.47. The summed E-state index contributed by atoms with van der Waals surface area (Å²) in [7, 11) is 1.55. The highest BCUT2D eigenvalue weighted by Gasteiger charge is 2.21. The Hall–Kier alpha value is -1.11. The largest absolute Gasteiger partial charge is 0.496 e. The summed E-state index contributed by atoms with van der Waals surface area (Å²) in [5.74, 6) is 2.37. The van der Waals surface area contributed by atoms with Crippen molar-refractivity contribution < 1.29 is 9.13 Å². The maximum atomic E-state index is 14.0. The smallest absolute Gasteiger partial charge is 0.136 e. The van der Waals surface area contributed by atoms with Gasteiger partial charge in [-0.05, 0) is 12.1 Å². The Morgan fingerprint density at radius 3 is 3.10 bits per heavy atom. The van der Waals surface area contributed by atoms with Crippen LogP contribution in [0.2, 0.25) is 0 Å². The summed E-state index contributed by atoms with van der Waals surface area (Å²) >= 11 is 3.49. The highest BCUT2D eigenvalue weighted by Crippen LogP contribution is 2.35. The lowest BCUT2D eigenvalue weighted by atomic mass is 10.1. The fourth-order valence-electron chi connectivity index (χ4n) is 2.21. The van der Waals surface area contributed by atoms with Crippen LogP contribution in [0.4, 0.5) is 4.39 Å². The lowest BCUT2D eigenvalue weighted by molar-refractivity contribution is 0.413. The highest BCUT2D eigenvalue weighted by molar-refractivity contribution is 7.99. The molecule has 1 fully saturated rings. The quantitative estimate of drug-likeness (QED) is 0.943. The normalized spacial score (nSPS) is 19.0. The van der Waals surface area contributed by atoms with Gasteiger partial charge in [-0.2, -0.15) is 11.8 Å². The van der Waals surface area contributed by atoms with Crippen LogP contribution in [0.5, 0.6) is 5.75 Å². The number of hydrogen-bond acceptors (Lipinski definition) is 5. The van der Waals surface area contributed by atoms with Gasteiger partial charge in [0.15, 0.2) is 0 Å². The van der Waals surface area contributed by atoms with Gasteiger partial charge in [0.1, 0.15) is 16.6 Å². The molecule has 0 aliphatic carbocycles. The summed E-state index contributed by atoms with van der Waals surface area (Å²) in [6.45, 7) is 0.993. The Kier molecular flexibility index (Phi) is 4.24. The molecule has 1 aromatic carbocycles. The third-order valence-corrected chi connectivity index (χ3v) is 5.21. The van der Waals surface area contributed by atoms with Crippen LogP contribution in [0.15, 0.2) is 23.6 Å². The average Bonchev–Trinajstić information content (AvgIpc) is 2.97. The predicted molar refractivity (Wildman–Crippen MR) is 82.1 cm³/mol.